The normalized spacial score (nSPS) is 20.4. The number of pyridine rings is 1. The highest BCUT2D eigenvalue weighted by atomic mass is 32.1. The van der Waals surface area contributed by atoms with Crippen LogP contribution in [0.2, 0.25) is 0 Å². The molecule has 1 aromatic carbocycles. The van der Waals surface area contributed by atoms with Crippen LogP contribution in [0.3, 0.4) is 0 Å². The number of hydrogen-bond donors (Lipinski definition) is 2. The molecule has 1 aromatic heterocycles. The van der Waals surface area contributed by atoms with Crippen molar-refractivity contribution in [2.45, 2.75) is 50.6 Å². The lowest BCUT2D eigenvalue weighted by Gasteiger charge is -2.34. The summed E-state index contributed by atoms with van der Waals surface area (Å²) < 4.78 is 13.1. The fourth-order valence-electron chi connectivity index (χ4n) is 3.49. The van der Waals surface area contributed by atoms with Crippen molar-refractivity contribution in [2.75, 3.05) is 7.05 Å². The molecule has 1 aliphatic carbocycles. The summed E-state index contributed by atoms with van der Waals surface area (Å²) in [5, 5.41) is 6.37. The molecule has 0 amide bonds. The molecule has 0 spiro atoms. The Balaban J connectivity index is 0.000000552. The predicted molar refractivity (Wildman–Crippen MR) is 110 cm³/mol. The maximum absolute atomic E-state index is 13.1. The second-order valence-electron chi connectivity index (χ2n) is 6.63. The van der Waals surface area contributed by atoms with Crippen molar-refractivity contribution in [2.24, 2.45) is 0 Å². The lowest BCUT2D eigenvalue weighted by molar-refractivity contribution is 0.305. The van der Waals surface area contributed by atoms with E-state index >= 15 is 0 Å². The summed E-state index contributed by atoms with van der Waals surface area (Å²) in [5.74, 6) is 0.340. The standard InChI is InChI=1S/C19H23FN2.C2H5NS/c1-14(15-8-10-17(20)11-9-15)22-19-7-3-2-6-18(19)16-5-4-12-21-13-16;1-3-2-4/h4-5,8-14,18-19,22H,2-3,6-7H2,1H3;2H,1H3,(H,3,4)/t14-,18+,19-;/m1./s1. The van der Waals surface area contributed by atoms with E-state index in [-0.39, 0.29) is 11.9 Å². The van der Waals surface area contributed by atoms with Gasteiger partial charge < -0.3 is 10.6 Å². The van der Waals surface area contributed by atoms with Gasteiger partial charge in [-0.2, -0.15) is 0 Å². The van der Waals surface area contributed by atoms with Gasteiger partial charge in [0.05, 0.1) is 5.49 Å². The first-order valence-electron chi connectivity index (χ1n) is 9.18. The Hall–Kier alpha value is -1.85. The quantitative estimate of drug-likeness (QED) is 0.741. The van der Waals surface area contributed by atoms with E-state index in [2.05, 4.69) is 40.8 Å². The molecule has 140 valence electrons. The van der Waals surface area contributed by atoms with E-state index in [0.29, 0.717) is 12.0 Å². The number of thiocarbonyl (C=S) groups is 1. The Morgan fingerprint density at radius 1 is 1.19 bits per heavy atom. The van der Waals surface area contributed by atoms with Crippen molar-refractivity contribution in [1.82, 2.24) is 15.6 Å². The fourth-order valence-corrected chi connectivity index (χ4v) is 3.49. The van der Waals surface area contributed by atoms with Crippen LogP contribution in [-0.4, -0.2) is 23.6 Å². The summed E-state index contributed by atoms with van der Waals surface area (Å²) in [7, 11) is 1.77. The average molecular weight is 374 g/mol. The predicted octanol–water partition coefficient (Wildman–Crippen LogP) is 4.76. The molecule has 0 unspecified atom stereocenters. The van der Waals surface area contributed by atoms with E-state index in [1.54, 1.807) is 7.05 Å². The zero-order chi connectivity index (χ0) is 18.8. The summed E-state index contributed by atoms with van der Waals surface area (Å²) in [5.41, 5.74) is 3.92. The van der Waals surface area contributed by atoms with Crippen LogP contribution in [0.5, 0.6) is 0 Å². The van der Waals surface area contributed by atoms with Gasteiger partial charge in [0, 0.05) is 37.4 Å². The van der Waals surface area contributed by atoms with Gasteiger partial charge in [0.2, 0.25) is 0 Å². The van der Waals surface area contributed by atoms with Crippen molar-refractivity contribution in [3.63, 3.8) is 0 Å². The summed E-state index contributed by atoms with van der Waals surface area (Å²) in [6.07, 6.45) is 8.76. The number of nitrogens with zero attached hydrogens (tertiary/aromatic N) is 1. The molecule has 0 aliphatic heterocycles. The second kappa shape index (κ2) is 11.0. The van der Waals surface area contributed by atoms with Gasteiger partial charge in [0.1, 0.15) is 5.82 Å². The molecule has 2 aromatic rings. The first-order valence-corrected chi connectivity index (χ1v) is 9.65. The first-order chi connectivity index (χ1) is 12.7. The molecule has 0 saturated heterocycles. The maximum atomic E-state index is 13.1. The monoisotopic (exact) mass is 373 g/mol. The molecule has 1 heterocycles. The minimum absolute atomic E-state index is 0.179. The number of halogens is 1. The van der Waals surface area contributed by atoms with Crippen LogP contribution in [0.1, 0.15) is 55.7 Å². The van der Waals surface area contributed by atoms with Crippen molar-refractivity contribution in [1.29, 1.82) is 0 Å². The van der Waals surface area contributed by atoms with Gasteiger partial charge in [-0.05, 0) is 49.1 Å². The molecule has 26 heavy (non-hydrogen) atoms. The molecule has 3 atom stereocenters. The highest BCUT2D eigenvalue weighted by molar-refractivity contribution is 7.78. The van der Waals surface area contributed by atoms with E-state index in [9.17, 15) is 4.39 Å². The number of benzene rings is 1. The molecule has 1 fully saturated rings. The number of rotatable bonds is 5. The van der Waals surface area contributed by atoms with Crippen LogP contribution < -0.4 is 10.6 Å². The molecule has 2 N–H and O–H groups in total. The van der Waals surface area contributed by atoms with Crippen LogP contribution in [0, 0.1) is 5.82 Å². The third kappa shape index (κ3) is 6.15. The molecule has 3 nitrogen and oxygen atoms in total. The summed E-state index contributed by atoms with van der Waals surface area (Å²) in [4.78, 5) is 4.27. The van der Waals surface area contributed by atoms with Crippen molar-refractivity contribution in [3.8, 4) is 0 Å². The topological polar surface area (TPSA) is 37.0 Å². The smallest absolute Gasteiger partial charge is 0.123 e. The van der Waals surface area contributed by atoms with Crippen molar-refractivity contribution >= 4 is 17.7 Å². The second-order valence-corrected chi connectivity index (χ2v) is 6.87. The van der Waals surface area contributed by atoms with Gasteiger partial charge in [-0.25, -0.2) is 4.39 Å². The molecule has 5 heteroatoms. The Morgan fingerprint density at radius 2 is 1.88 bits per heavy atom. The van der Waals surface area contributed by atoms with Gasteiger partial charge in [-0.15, -0.1) is 0 Å². The van der Waals surface area contributed by atoms with Crippen LogP contribution in [0.15, 0.2) is 48.8 Å². The highest BCUT2D eigenvalue weighted by Crippen LogP contribution is 2.34. The van der Waals surface area contributed by atoms with Crippen LogP contribution in [0.4, 0.5) is 4.39 Å². The number of aromatic nitrogens is 1. The van der Waals surface area contributed by atoms with E-state index in [0.717, 1.165) is 5.56 Å². The van der Waals surface area contributed by atoms with Gasteiger partial charge >= 0.3 is 0 Å². The van der Waals surface area contributed by atoms with E-state index in [4.69, 9.17) is 0 Å². The van der Waals surface area contributed by atoms with E-state index in [1.807, 2.05) is 30.6 Å². The summed E-state index contributed by atoms with van der Waals surface area (Å²) in [6.45, 7) is 2.15. The van der Waals surface area contributed by atoms with E-state index < -0.39 is 0 Å². The maximum Gasteiger partial charge on any atom is 0.123 e. The molecular weight excluding hydrogens is 345 g/mol. The van der Waals surface area contributed by atoms with Gasteiger partial charge in [-0.1, -0.05) is 43.3 Å². The third-order valence-corrected chi connectivity index (χ3v) is 5.07. The lowest BCUT2D eigenvalue weighted by atomic mass is 9.80. The van der Waals surface area contributed by atoms with Gasteiger partial charge in [0.15, 0.2) is 0 Å². The first kappa shape index (κ1) is 20.5. The Bertz CT molecular complexity index is 648. The minimum atomic E-state index is -0.179. The SMILES string of the molecule is CNC=S.C[C@@H](N[C@@H]1CCCC[C@H]1c1cccnc1)c1ccc(F)cc1. The molecule has 0 radical (unpaired) electrons. The Labute approximate surface area is 161 Å². The van der Waals surface area contributed by atoms with Gasteiger partial charge in [-0.3, -0.25) is 4.98 Å². The minimum Gasteiger partial charge on any atom is -0.385 e. The molecule has 0 bridgehead atoms. The Morgan fingerprint density at radius 3 is 2.50 bits per heavy atom. The molecule has 1 saturated carbocycles. The average Bonchev–Trinajstić information content (AvgIpc) is 2.70. The lowest BCUT2D eigenvalue weighted by Crippen LogP contribution is -2.38. The number of hydrogen-bond acceptors (Lipinski definition) is 3. The van der Waals surface area contributed by atoms with Gasteiger partial charge in [0.25, 0.3) is 0 Å². The Kier molecular flexibility index (Phi) is 8.65. The third-order valence-electron chi connectivity index (χ3n) is 4.83. The van der Waals surface area contributed by atoms with Crippen LogP contribution >= 0.6 is 12.2 Å². The fraction of sp³-hybridized carbons (Fsp3) is 0.429. The zero-order valence-corrected chi connectivity index (χ0v) is 16.3. The van der Waals surface area contributed by atoms with Crippen molar-refractivity contribution < 1.29 is 4.39 Å². The van der Waals surface area contributed by atoms with Crippen LogP contribution in [0.25, 0.3) is 0 Å². The molecule has 1 aliphatic rings. The molecular formula is C21H28FN3S. The van der Waals surface area contributed by atoms with E-state index in [1.165, 1.54) is 48.9 Å². The zero-order valence-electron chi connectivity index (χ0n) is 15.5. The summed E-state index contributed by atoms with van der Waals surface area (Å²) in [6, 6.07) is 11.7. The largest absolute Gasteiger partial charge is 0.385 e. The highest BCUT2D eigenvalue weighted by Gasteiger charge is 2.27. The number of nitrogens with one attached hydrogen (secondary N) is 2. The molecule has 3 rings (SSSR count). The van der Waals surface area contributed by atoms with Crippen LogP contribution in [-0.2, 0) is 0 Å². The van der Waals surface area contributed by atoms with Crippen molar-refractivity contribution in [3.05, 3.63) is 65.7 Å². The summed E-state index contributed by atoms with van der Waals surface area (Å²) >= 11 is 4.32.